The third-order valence-corrected chi connectivity index (χ3v) is 1.52. The Morgan fingerprint density at radius 1 is 1.58 bits per heavy atom. The van der Waals surface area contributed by atoms with Gasteiger partial charge in [0.15, 0.2) is 0 Å². The summed E-state index contributed by atoms with van der Waals surface area (Å²) in [4.78, 5) is 11.1. The second-order valence-corrected chi connectivity index (χ2v) is 2.66. The van der Waals surface area contributed by atoms with E-state index in [0.717, 1.165) is 0 Å². The van der Waals surface area contributed by atoms with Crippen molar-refractivity contribution in [2.24, 2.45) is 11.5 Å². The average molecular weight is 196 g/mol. The zero-order valence-corrected chi connectivity index (χ0v) is 8.36. The van der Waals surface area contributed by atoms with E-state index in [1.165, 1.54) is 0 Å². The molecular weight excluding hydrogens is 178 g/mol. The summed E-state index contributed by atoms with van der Waals surface area (Å²) < 4.78 is 0. The van der Waals surface area contributed by atoms with Crippen molar-refractivity contribution in [1.82, 2.24) is 5.32 Å². The van der Waals surface area contributed by atoms with Crippen LogP contribution in [0.2, 0.25) is 0 Å². The lowest BCUT2D eigenvalue weighted by atomic mass is 10.2. The molecule has 0 heterocycles. The first-order valence-corrected chi connectivity index (χ1v) is 3.87. The molecule has 12 heavy (non-hydrogen) atoms. The highest BCUT2D eigenvalue weighted by Crippen LogP contribution is 1.86. The minimum Gasteiger partial charge on any atom is -0.351 e. The second kappa shape index (κ2) is 7.34. The molecule has 0 unspecified atom stereocenters. The van der Waals surface area contributed by atoms with Crippen molar-refractivity contribution in [3.63, 3.8) is 0 Å². The zero-order valence-electron chi connectivity index (χ0n) is 7.54. The van der Waals surface area contributed by atoms with E-state index in [1.807, 2.05) is 13.8 Å². The van der Waals surface area contributed by atoms with E-state index in [-0.39, 0.29) is 24.4 Å². The molecule has 74 valence electrons. The average Bonchev–Trinajstić information content (AvgIpc) is 2.02. The quantitative estimate of drug-likeness (QED) is 0.572. The molecule has 0 aliphatic heterocycles. The predicted octanol–water partition coefficient (Wildman–Crippen LogP) is -0.391. The van der Waals surface area contributed by atoms with Crippen LogP contribution in [0.5, 0.6) is 0 Å². The normalized spacial score (nSPS) is 14.3. The lowest BCUT2D eigenvalue weighted by Gasteiger charge is -2.14. The van der Waals surface area contributed by atoms with Crippen LogP contribution in [0.15, 0.2) is 0 Å². The lowest BCUT2D eigenvalue weighted by Crippen LogP contribution is -2.46. The summed E-state index contributed by atoms with van der Waals surface area (Å²) in [7, 11) is 0. The summed E-state index contributed by atoms with van der Waals surface area (Å²) in [6.07, 6.45) is 0.656. The minimum absolute atomic E-state index is 0. The maximum atomic E-state index is 11.1. The molecule has 0 spiro atoms. The monoisotopic (exact) mass is 195 g/mol. The van der Waals surface area contributed by atoms with Gasteiger partial charge in [0.05, 0.1) is 6.04 Å². The SMILES string of the molecule is CC[C@@H](N)C(=O)N[C@H](C)CN.Cl. The third-order valence-electron chi connectivity index (χ3n) is 1.52. The molecule has 0 aromatic heterocycles. The molecule has 0 aliphatic rings. The maximum absolute atomic E-state index is 11.1. The zero-order chi connectivity index (χ0) is 8.85. The van der Waals surface area contributed by atoms with E-state index in [0.29, 0.717) is 13.0 Å². The molecule has 5 N–H and O–H groups in total. The molecule has 5 heteroatoms. The molecule has 0 radical (unpaired) electrons. The number of carbonyl (C=O) groups is 1. The van der Waals surface area contributed by atoms with Gasteiger partial charge >= 0.3 is 0 Å². The van der Waals surface area contributed by atoms with Crippen molar-refractivity contribution in [3.8, 4) is 0 Å². The van der Waals surface area contributed by atoms with E-state index in [1.54, 1.807) is 0 Å². The van der Waals surface area contributed by atoms with Crippen molar-refractivity contribution in [1.29, 1.82) is 0 Å². The fourth-order valence-electron chi connectivity index (χ4n) is 0.594. The van der Waals surface area contributed by atoms with Crippen LogP contribution in [0.4, 0.5) is 0 Å². The molecule has 0 rings (SSSR count). The largest absolute Gasteiger partial charge is 0.351 e. The minimum atomic E-state index is -0.399. The first-order valence-electron chi connectivity index (χ1n) is 3.87. The Morgan fingerprint density at radius 3 is 2.42 bits per heavy atom. The molecule has 0 aromatic carbocycles. The smallest absolute Gasteiger partial charge is 0.237 e. The fraction of sp³-hybridized carbons (Fsp3) is 0.857. The van der Waals surface area contributed by atoms with Gasteiger partial charge in [0.2, 0.25) is 5.91 Å². The molecular formula is C7H18ClN3O. The summed E-state index contributed by atoms with van der Waals surface area (Å²) in [5.74, 6) is -0.120. The molecule has 0 saturated carbocycles. The van der Waals surface area contributed by atoms with Crippen molar-refractivity contribution >= 4 is 18.3 Å². The molecule has 0 saturated heterocycles. The predicted molar refractivity (Wildman–Crippen MR) is 52.2 cm³/mol. The molecule has 1 amide bonds. The van der Waals surface area contributed by atoms with Crippen LogP contribution in [0.3, 0.4) is 0 Å². The number of rotatable bonds is 4. The molecule has 2 atom stereocenters. The Morgan fingerprint density at radius 2 is 2.08 bits per heavy atom. The van der Waals surface area contributed by atoms with Crippen LogP contribution in [0.25, 0.3) is 0 Å². The Kier molecular flexibility index (Phi) is 8.69. The number of carbonyl (C=O) groups excluding carboxylic acids is 1. The Hall–Kier alpha value is -0.320. The highest BCUT2D eigenvalue weighted by atomic mass is 35.5. The van der Waals surface area contributed by atoms with Gasteiger partial charge in [0, 0.05) is 12.6 Å². The summed E-state index contributed by atoms with van der Waals surface area (Å²) in [5.41, 5.74) is 10.8. The van der Waals surface area contributed by atoms with Crippen molar-refractivity contribution < 1.29 is 4.79 Å². The van der Waals surface area contributed by atoms with E-state index < -0.39 is 6.04 Å². The van der Waals surface area contributed by atoms with Gasteiger partial charge in [-0.3, -0.25) is 4.79 Å². The highest BCUT2D eigenvalue weighted by Gasteiger charge is 2.11. The van der Waals surface area contributed by atoms with Gasteiger partial charge in [-0.2, -0.15) is 0 Å². The van der Waals surface area contributed by atoms with E-state index in [4.69, 9.17) is 11.5 Å². The molecule has 0 aliphatic carbocycles. The third kappa shape index (κ3) is 5.35. The van der Waals surface area contributed by atoms with E-state index in [2.05, 4.69) is 5.32 Å². The summed E-state index contributed by atoms with van der Waals surface area (Å²) >= 11 is 0. The van der Waals surface area contributed by atoms with Crippen LogP contribution in [0, 0.1) is 0 Å². The second-order valence-electron chi connectivity index (χ2n) is 2.66. The van der Waals surface area contributed by atoms with Crippen LogP contribution >= 0.6 is 12.4 Å². The Bertz CT molecular complexity index is 132. The highest BCUT2D eigenvalue weighted by molar-refractivity contribution is 5.85. The lowest BCUT2D eigenvalue weighted by molar-refractivity contribution is -0.122. The van der Waals surface area contributed by atoms with E-state index >= 15 is 0 Å². The number of nitrogens with one attached hydrogen (secondary N) is 1. The van der Waals surface area contributed by atoms with Crippen LogP contribution in [-0.2, 0) is 4.79 Å². The first-order chi connectivity index (χ1) is 5.11. The van der Waals surface area contributed by atoms with Gasteiger partial charge < -0.3 is 16.8 Å². The summed E-state index contributed by atoms with van der Waals surface area (Å²) in [6, 6.07) is -0.385. The molecule has 0 fully saturated rings. The van der Waals surface area contributed by atoms with Gasteiger partial charge in [-0.25, -0.2) is 0 Å². The number of halogens is 1. The number of hydrogen-bond donors (Lipinski definition) is 3. The van der Waals surface area contributed by atoms with Gasteiger partial charge in [-0.1, -0.05) is 6.92 Å². The van der Waals surface area contributed by atoms with Crippen molar-refractivity contribution in [3.05, 3.63) is 0 Å². The van der Waals surface area contributed by atoms with Crippen LogP contribution in [0.1, 0.15) is 20.3 Å². The Balaban J connectivity index is 0. The Labute approximate surface area is 79.5 Å². The van der Waals surface area contributed by atoms with Gasteiger partial charge in [-0.05, 0) is 13.3 Å². The van der Waals surface area contributed by atoms with E-state index in [9.17, 15) is 4.79 Å². The maximum Gasteiger partial charge on any atom is 0.237 e. The number of hydrogen-bond acceptors (Lipinski definition) is 3. The van der Waals surface area contributed by atoms with Crippen molar-refractivity contribution in [2.75, 3.05) is 6.54 Å². The van der Waals surface area contributed by atoms with Gasteiger partial charge in [-0.15, -0.1) is 12.4 Å². The molecule has 0 bridgehead atoms. The number of amides is 1. The summed E-state index contributed by atoms with van der Waals surface area (Å²) in [5, 5.41) is 2.69. The topological polar surface area (TPSA) is 81.1 Å². The summed E-state index contributed by atoms with van der Waals surface area (Å²) in [6.45, 7) is 4.17. The number of nitrogens with two attached hydrogens (primary N) is 2. The molecule has 0 aromatic rings. The van der Waals surface area contributed by atoms with Crippen molar-refractivity contribution in [2.45, 2.75) is 32.4 Å². The van der Waals surface area contributed by atoms with Crippen LogP contribution in [-0.4, -0.2) is 24.5 Å². The van der Waals surface area contributed by atoms with Crippen LogP contribution < -0.4 is 16.8 Å². The van der Waals surface area contributed by atoms with Gasteiger partial charge in [0.1, 0.15) is 0 Å². The van der Waals surface area contributed by atoms with Gasteiger partial charge in [0.25, 0.3) is 0 Å². The standard InChI is InChI=1S/C7H17N3O.ClH/c1-3-6(9)7(11)10-5(2)4-8;/h5-6H,3-4,8-9H2,1-2H3,(H,10,11);1H/t5-,6-;/m1./s1. The fourth-order valence-corrected chi connectivity index (χ4v) is 0.594. The molecule has 4 nitrogen and oxygen atoms in total. The first kappa shape index (κ1) is 14.2.